The first-order valence-corrected chi connectivity index (χ1v) is 5.17. The van der Waals surface area contributed by atoms with Crippen LogP contribution in [-0.4, -0.2) is 33.8 Å². The van der Waals surface area contributed by atoms with E-state index in [1.807, 2.05) is 0 Å². The van der Waals surface area contributed by atoms with Crippen molar-refractivity contribution in [1.29, 1.82) is 0 Å². The van der Waals surface area contributed by atoms with Gasteiger partial charge in [0.2, 0.25) is 0 Å². The van der Waals surface area contributed by atoms with Crippen molar-refractivity contribution in [1.82, 2.24) is 15.0 Å². The van der Waals surface area contributed by atoms with E-state index in [1.54, 1.807) is 10.9 Å². The molecule has 2 heterocycles. The van der Waals surface area contributed by atoms with Gasteiger partial charge in [0.1, 0.15) is 12.3 Å². The molecule has 1 aliphatic rings. The maximum absolute atomic E-state index is 10.4. The van der Waals surface area contributed by atoms with Gasteiger partial charge in [0.05, 0.1) is 18.8 Å². The monoisotopic (exact) mass is 226 g/mol. The van der Waals surface area contributed by atoms with Gasteiger partial charge in [0, 0.05) is 6.61 Å². The number of aromatic nitrogens is 3. The fraction of sp³-hybridized carbons (Fsp3) is 0.667. The summed E-state index contributed by atoms with van der Waals surface area (Å²) in [6, 6.07) is 0. The molecule has 0 spiro atoms. The van der Waals surface area contributed by atoms with Crippen molar-refractivity contribution in [3.05, 3.63) is 11.9 Å². The lowest BCUT2D eigenvalue weighted by molar-refractivity contribution is 0.0934. The van der Waals surface area contributed by atoms with Crippen LogP contribution in [0.3, 0.4) is 0 Å². The van der Waals surface area contributed by atoms with E-state index in [0.717, 1.165) is 19.4 Å². The van der Waals surface area contributed by atoms with Crippen LogP contribution in [0.25, 0.3) is 0 Å². The fourth-order valence-corrected chi connectivity index (χ4v) is 1.64. The van der Waals surface area contributed by atoms with Gasteiger partial charge in [-0.1, -0.05) is 5.21 Å². The number of carbonyl (C=O) groups is 1. The second kappa shape index (κ2) is 4.93. The molecule has 0 bridgehead atoms. The summed E-state index contributed by atoms with van der Waals surface area (Å²) in [4.78, 5) is 10.4. The molecule has 1 aromatic heterocycles. The van der Waals surface area contributed by atoms with E-state index in [0.29, 0.717) is 12.2 Å². The van der Waals surface area contributed by atoms with Crippen LogP contribution >= 0.6 is 0 Å². The number of amides is 1. The van der Waals surface area contributed by atoms with Crippen molar-refractivity contribution in [2.75, 3.05) is 6.61 Å². The summed E-state index contributed by atoms with van der Waals surface area (Å²) in [5.74, 6) is 0. The van der Waals surface area contributed by atoms with Crippen molar-refractivity contribution >= 4 is 6.09 Å². The molecular weight excluding hydrogens is 212 g/mol. The predicted molar refractivity (Wildman–Crippen MR) is 53.4 cm³/mol. The summed E-state index contributed by atoms with van der Waals surface area (Å²) < 4.78 is 11.8. The Morgan fingerprint density at radius 3 is 3.31 bits per heavy atom. The third-order valence-electron chi connectivity index (χ3n) is 2.36. The Bertz CT molecular complexity index is 359. The van der Waals surface area contributed by atoms with Crippen LogP contribution < -0.4 is 5.73 Å². The maximum atomic E-state index is 10.4. The van der Waals surface area contributed by atoms with E-state index >= 15 is 0 Å². The van der Waals surface area contributed by atoms with Crippen LogP contribution in [0, 0.1) is 0 Å². The molecule has 1 fully saturated rings. The molecular formula is C9H14N4O3. The van der Waals surface area contributed by atoms with Gasteiger partial charge < -0.3 is 15.2 Å². The largest absolute Gasteiger partial charge is 0.443 e. The average molecular weight is 226 g/mol. The fourth-order valence-electron chi connectivity index (χ4n) is 1.64. The van der Waals surface area contributed by atoms with Gasteiger partial charge in [-0.05, 0) is 12.8 Å². The van der Waals surface area contributed by atoms with Crippen LogP contribution in [0.2, 0.25) is 0 Å². The first-order chi connectivity index (χ1) is 7.74. The Morgan fingerprint density at radius 2 is 2.62 bits per heavy atom. The summed E-state index contributed by atoms with van der Waals surface area (Å²) in [5.41, 5.74) is 5.42. The van der Waals surface area contributed by atoms with Crippen LogP contribution in [0.4, 0.5) is 4.79 Å². The number of nitrogens with zero attached hydrogens (tertiary/aromatic N) is 3. The number of hydrogen-bond acceptors (Lipinski definition) is 5. The molecule has 88 valence electrons. The molecule has 0 aliphatic carbocycles. The van der Waals surface area contributed by atoms with Gasteiger partial charge in [-0.25, -0.2) is 9.48 Å². The lowest BCUT2D eigenvalue weighted by Gasteiger charge is -2.07. The van der Waals surface area contributed by atoms with Crippen molar-refractivity contribution in [2.45, 2.75) is 32.1 Å². The van der Waals surface area contributed by atoms with E-state index in [1.165, 1.54) is 0 Å². The zero-order valence-corrected chi connectivity index (χ0v) is 8.83. The van der Waals surface area contributed by atoms with E-state index in [2.05, 4.69) is 15.0 Å². The number of hydrogen-bond donors (Lipinski definition) is 1. The van der Waals surface area contributed by atoms with Gasteiger partial charge in [0.25, 0.3) is 0 Å². The quantitative estimate of drug-likeness (QED) is 0.783. The highest BCUT2D eigenvalue weighted by atomic mass is 16.5. The van der Waals surface area contributed by atoms with E-state index in [9.17, 15) is 4.79 Å². The number of carbonyl (C=O) groups excluding carboxylic acids is 1. The molecule has 7 heteroatoms. The Hall–Kier alpha value is -1.63. The molecule has 1 aromatic rings. The Balaban J connectivity index is 1.84. The highest BCUT2D eigenvalue weighted by Gasteiger charge is 2.16. The Morgan fingerprint density at radius 1 is 1.75 bits per heavy atom. The minimum Gasteiger partial charge on any atom is -0.443 e. The van der Waals surface area contributed by atoms with E-state index < -0.39 is 6.09 Å². The maximum Gasteiger partial charge on any atom is 0.404 e. The minimum atomic E-state index is -0.811. The van der Waals surface area contributed by atoms with Crippen LogP contribution in [0.1, 0.15) is 18.5 Å². The first-order valence-electron chi connectivity index (χ1n) is 5.17. The van der Waals surface area contributed by atoms with Crippen molar-refractivity contribution in [2.24, 2.45) is 5.73 Å². The highest BCUT2D eigenvalue weighted by Crippen LogP contribution is 2.13. The lowest BCUT2D eigenvalue weighted by atomic mass is 10.2. The third kappa shape index (κ3) is 2.93. The predicted octanol–water partition coefficient (Wildman–Crippen LogP) is 0.0524. The molecule has 1 unspecified atom stereocenters. The van der Waals surface area contributed by atoms with Gasteiger partial charge in [-0.15, -0.1) is 5.10 Å². The zero-order chi connectivity index (χ0) is 11.4. The topological polar surface area (TPSA) is 92.3 Å². The summed E-state index contributed by atoms with van der Waals surface area (Å²) in [7, 11) is 0. The Kier molecular flexibility index (Phi) is 3.35. The smallest absolute Gasteiger partial charge is 0.404 e. The first kappa shape index (κ1) is 10.9. The third-order valence-corrected chi connectivity index (χ3v) is 2.36. The SMILES string of the molecule is NC(=O)OCc1cn(CC2CCCO2)nn1. The van der Waals surface area contributed by atoms with E-state index in [-0.39, 0.29) is 12.7 Å². The summed E-state index contributed by atoms with van der Waals surface area (Å²) >= 11 is 0. The second-order valence-electron chi connectivity index (χ2n) is 3.67. The summed E-state index contributed by atoms with van der Waals surface area (Å²) in [6.45, 7) is 1.56. The molecule has 2 N–H and O–H groups in total. The molecule has 16 heavy (non-hydrogen) atoms. The lowest BCUT2D eigenvalue weighted by Crippen LogP contribution is -2.15. The molecule has 2 rings (SSSR count). The second-order valence-corrected chi connectivity index (χ2v) is 3.67. The molecule has 7 nitrogen and oxygen atoms in total. The number of rotatable bonds is 4. The number of primary amides is 1. The van der Waals surface area contributed by atoms with E-state index in [4.69, 9.17) is 10.5 Å². The molecule has 0 radical (unpaired) electrons. The number of ether oxygens (including phenoxy) is 2. The standard InChI is InChI=1S/C9H14N4O3/c10-9(14)16-6-7-4-13(12-11-7)5-8-2-1-3-15-8/h4,8H,1-3,5-6H2,(H2,10,14). The summed E-state index contributed by atoms with van der Waals surface area (Å²) in [5, 5.41) is 7.77. The molecule has 1 saturated heterocycles. The van der Waals surface area contributed by atoms with Crippen molar-refractivity contribution in [3.63, 3.8) is 0 Å². The summed E-state index contributed by atoms with van der Waals surface area (Å²) in [6.07, 6.45) is 3.27. The molecule has 1 aliphatic heterocycles. The molecule has 1 atom stereocenters. The van der Waals surface area contributed by atoms with Crippen LogP contribution in [0.5, 0.6) is 0 Å². The van der Waals surface area contributed by atoms with Gasteiger partial charge in [-0.3, -0.25) is 0 Å². The Labute approximate surface area is 92.5 Å². The minimum absolute atomic E-state index is 0.0564. The van der Waals surface area contributed by atoms with Gasteiger partial charge in [0.15, 0.2) is 0 Å². The molecule has 1 amide bonds. The van der Waals surface area contributed by atoms with Crippen LogP contribution in [0.15, 0.2) is 6.20 Å². The number of nitrogens with two attached hydrogens (primary N) is 1. The zero-order valence-electron chi connectivity index (χ0n) is 8.83. The highest BCUT2D eigenvalue weighted by molar-refractivity contribution is 5.64. The van der Waals surface area contributed by atoms with Crippen molar-refractivity contribution in [3.8, 4) is 0 Å². The molecule has 0 saturated carbocycles. The normalized spacial score (nSPS) is 19.9. The van der Waals surface area contributed by atoms with Crippen molar-refractivity contribution < 1.29 is 14.3 Å². The van der Waals surface area contributed by atoms with Crippen LogP contribution in [-0.2, 0) is 22.6 Å². The molecule has 0 aromatic carbocycles. The van der Waals surface area contributed by atoms with Gasteiger partial charge in [-0.2, -0.15) is 0 Å². The average Bonchev–Trinajstić information content (AvgIpc) is 2.87. The van der Waals surface area contributed by atoms with Gasteiger partial charge >= 0.3 is 6.09 Å².